The summed E-state index contributed by atoms with van der Waals surface area (Å²) in [5, 5.41) is 13.4. The van der Waals surface area contributed by atoms with E-state index in [2.05, 4.69) is 32.5 Å². The Balaban J connectivity index is 1.78. The number of carbonyl (C=O) groups is 1. The van der Waals surface area contributed by atoms with E-state index in [4.69, 9.17) is 5.11 Å². The van der Waals surface area contributed by atoms with Crippen LogP contribution in [0.25, 0.3) is 10.2 Å². The number of fused-ring (bicyclic) bond motifs is 1. The zero-order chi connectivity index (χ0) is 14.1. The van der Waals surface area contributed by atoms with Gasteiger partial charge in [-0.05, 0) is 30.7 Å². The number of hydrogen-bond donors (Lipinski definition) is 2. The molecule has 1 aliphatic heterocycles. The molecule has 0 aromatic carbocycles. The Morgan fingerprint density at radius 1 is 1.45 bits per heavy atom. The highest BCUT2D eigenvalue weighted by molar-refractivity contribution is 7.18. The highest BCUT2D eigenvalue weighted by atomic mass is 32.1. The van der Waals surface area contributed by atoms with Crippen molar-refractivity contribution in [1.29, 1.82) is 0 Å². The predicted molar refractivity (Wildman–Crippen MR) is 78.5 cm³/mol. The normalized spacial score (nSPS) is 16.6. The average molecular weight is 292 g/mol. The number of aryl methyl sites for hydroxylation is 1. The van der Waals surface area contributed by atoms with Crippen LogP contribution in [0, 0.1) is 6.92 Å². The van der Waals surface area contributed by atoms with E-state index in [0.29, 0.717) is 0 Å². The summed E-state index contributed by atoms with van der Waals surface area (Å²) in [7, 11) is 0. The first-order valence-electron chi connectivity index (χ1n) is 6.58. The summed E-state index contributed by atoms with van der Waals surface area (Å²) in [5.74, 6) is 0.974. The van der Waals surface area contributed by atoms with E-state index in [1.165, 1.54) is 5.56 Å². The van der Waals surface area contributed by atoms with Crippen LogP contribution < -0.4 is 10.2 Å². The molecule has 7 heteroatoms. The van der Waals surface area contributed by atoms with Crippen LogP contribution in [0.15, 0.2) is 11.7 Å². The van der Waals surface area contributed by atoms with Crippen LogP contribution in [0.3, 0.4) is 0 Å². The molecule has 106 valence electrons. The number of hydrogen-bond acceptors (Lipinski definition) is 5. The lowest BCUT2D eigenvalue weighted by Gasteiger charge is -2.32. The molecule has 0 bridgehead atoms. The van der Waals surface area contributed by atoms with Gasteiger partial charge in [-0.2, -0.15) is 0 Å². The minimum atomic E-state index is -0.943. The van der Waals surface area contributed by atoms with Crippen LogP contribution in [-0.2, 0) is 0 Å². The number of carboxylic acid groups (broad SMARTS) is 1. The van der Waals surface area contributed by atoms with Gasteiger partial charge in [0.1, 0.15) is 12.1 Å². The van der Waals surface area contributed by atoms with Gasteiger partial charge < -0.3 is 15.3 Å². The second-order valence-electron chi connectivity index (χ2n) is 5.00. The summed E-state index contributed by atoms with van der Waals surface area (Å²) in [6.07, 6.45) is 2.28. The number of aromatic nitrogens is 2. The van der Waals surface area contributed by atoms with Crippen molar-refractivity contribution < 1.29 is 9.90 Å². The lowest BCUT2D eigenvalue weighted by molar-refractivity contribution is 0.187. The summed E-state index contributed by atoms with van der Waals surface area (Å²) >= 11 is 1.67. The van der Waals surface area contributed by atoms with Gasteiger partial charge in [0.25, 0.3) is 0 Å². The molecule has 2 aromatic rings. The van der Waals surface area contributed by atoms with Gasteiger partial charge >= 0.3 is 6.09 Å². The zero-order valence-corrected chi connectivity index (χ0v) is 12.0. The molecule has 0 spiro atoms. The van der Waals surface area contributed by atoms with Gasteiger partial charge in [-0.3, -0.25) is 0 Å². The Bertz CT molecular complexity index is 634. The molecule has 0 unspecified atom stereocenters. The second kappa shape index (κ2) is 5.24. The maximum atomic E-state index is 10.7. The van der Waals surface area contributed by atoms with Crippen LogP contribution in [0.2, 0.25) is 0 Å². The van der Waals surface area contributed by atoms with Crippen molar-refractivity contribution in [3.05, 3.63) is 17.3 Å². The van der Waals surface area contributed by atoms with Crippen molar-refractivity contribution in [2.45, 2.75) is 25.8 Å². The lowest BCUT2D eigenvalue weighted by Crippen LogP contribution is -2.44. The highest BCUT2D eigenvalue weighted by Crippen LogP contribution is 2.32. The Morgan fingerprint density at radius 3 is 2.90 bits per heavy atom. The van der Waals surface area contributed by atoms with Gasteiger partial charge in [-0.1, -0.05) is 0 Å². The zero-order valence-electron chi connectivity index (χ0n) is 11.2. The molecule has 1 amide bonds. The first-order valence-corrected chi connectivity index (χ1v) is 7.46. The molecule has 3 rings (SSSR count). The average Bonchev–Trinajstić information content (AvgIpc) is 2.81. The fraction of sp³-hybridized carbons (Fsp3) is 0.462. The Hall–Kier alpha value is -1.89. The SMILES string of the molecule is Cc1csc2c(N3CCC(NC(=O)O)CC3)ncnc12. The summed E-state index contributed by atoms with van der Waals surface area (Å²) in [6.45, 7) is 3.68. The van der Waals surface area contributed by atoms with E-state index in [9.17, 15) is 4.79 Å². The van der Waals surface area contributed by atoms with Crippen LogP contribution in [0.1, 0.15) is 18.4 Å². The summed E-state index contributed by atoms with van der Waals surface area (Å²) < 4.78 is 1.12. The molecule has 0 saturated carbocycles. The number of anilines is 1. The quantitative estimate of drug-likeness (QED) is 0.887. The molecule has 20 heavy (non-hydrogen) atoms. The number of nitrogens with zero attached hydrogens (tertiary/aromatic N) is 3. The largest absolute Gasteiger partial charge is 0.465 e. The molecule has 3 heterocycles. The number of amides is 1. The van der Waals surface area contributed by atoms with E-state index in [0.717, 1.165) is 42.0 Å². The number of nitrogens with one attached hydrogen (secondary N) is 1. The molecule has 2 aromatic heterocycles. The first-order chi connectivity index (χ1) is 9.65. The number of thiophene rings is 1. The van der Waals surface area contributed by atoms with Gasteiger partial charge in [-0.25, -0.2) is 14.8 Å². The van der Waals surface area contributed by atoms with Crippen molar-refractivity contribution in [2.75, 3.05) is 18.0 Å². The predicted octanol–water partition coefficient (Wildman–Crippen LogP) is 2.24. The first kappa shape index (κ1) is 13.1. The molecule has 0 atom stereocenters. The monoisotopic (exact) mass is 292 g/mol. The molecular formula is C13H16N4O2S. The summed E-state index contributed by atoms with van der Waals surface area (Å²) in [5.41, 5.74) is 2.20. The van der Waals surface area contributed by atoms with E-state index in [-0.39, 0.29) is 6.04 Å². The summed E-state index contributed by atoms with van der Waals surface area (Å²) in [4.78, 5) is 21.6. The van der Waals surface area contributed by atoms with E-state index >= 15 is 0 Å². The van der Waals surface area contributed by atoms with Crippen LogP contribution in [-0.4, -0.2) is 40.3 Å². The van der Waals surface area contributed by atoms with Crippen molar-refractivity contribution in [3.63, 3.8) is 0 Å². The third-order valence-corrected chi connectivity index (χ3v) is 4.72. The fourth-order valence-electron chi connectivity index (χ4n) is 2.59. The van der Waals surface area contributed by atoms with Gasteiger partial charge in [0, 0.05) is 19.1 Å². The minimum Gasteiger partial charge on any atom is -0.465 e. The standard InChI is InChI=1S/C13H16N4O2S/c1-8-6-20-11-10(8)14-7-15-12(11)17-4-2-9(3-5-17)16-13(18)19/h6-7,9,16H,2-5H2,1H3,(H,18,19). The maximum Gasteiger partial charge on any atom is 0.404 e. The van der Waals surface area contributed by atoms with Crippen LogP contribution in [0.5, 0.6) is 0 Å². The number of piperidine rings is 1. The molecule has 1 fully saturated rings. The van der Waals surface area contributed by atoms with Crippen LogP contribution in [0.4, 0.5) is 10.6 Å². The molecule has 0 radical (unpaired) electrons. The van der Waals surface area contributed by atoms with Crippen molar-refractivity contribution in [3.8, 4) is 0 Å². The molecular weight excluding hydrogens is 276 g/mol. The van der Waals surface area contributed by atoms with Gasteiger partial charge in [0.05, 0.1) is 10.2 Å². The summed E-state index contributed by atoms with van der Waals surface area (Å²) in [6, 6.07) is 0.0474. The second-order valence-corrected chi connectivity index (χ2v) is 5.88. The van der Waals surface area contributed by atoms with Gasteiger partial charge in [0.2, 0.25) is 0 Å². The van der Waals surface area contributed by atoms with E-state index in [1.807, 2.05) is 0 Å². The molecule has 2 N–H and O–H groups in total. The van der Waals surface area contributed by atoms with E-state index < -0.39 is 6.09 Å². The lowest BCUT2D eigenvalue weighted by atomic mass is 10.1. The van der Waals surface area contributed by atoms with Gasteiger partial charge in [0.15, 0.2) is 0 Å². The Labute approximate surface area is 120 Å². The molecule has 0 aliphatic carbocycles. The smallest absolute Gasteiger partial charge is 0.404 e. The van der Waals surface area contributed by atoms with E-state index in [1.54, 1.807) is 17.7 Å². The molecule has 6 nitrogen and oxygen atoms in total. The Kier molecular flexibility index (Phi) is 3.43. The van der Waals surface area contributed by atoms with Crippen LogP contribution >= 0.6 is 11.3 Å². The van der Waals surface area contributed by atoms with Crippen molar-refractivity contribution in [1.82, 2.24) is 15.3 Å². The minimum absolute atomic E-state index is 0.0474. The topological polar surface area (TPSA) is 78.4 Å². The molecule has 1 aliphatic rings. The number of rotatable bonds is 2. The molecule has 1 saturated heterocycles. The third kappa shape index (κ3) is 2.40. The Morgan fingerprint density at radius 2 is 2.20 bits per heavy atom. The fourth-order valence-corrected chi connectivity index (χ4v) is 3.61. The van der Waals surface area contributed by atoms with Crippen molar-refractivity contribution in [2.24, 2.45) is 0 Å². The van der Waals surface area contributed by atoms with Crippen molar-refractivity contribution >= 4 is 33.5 Å². The maximum absolute atomic E-state index is 10.7. The highest BCUT2D eigenvalue weighted by Gasteiger charge is 2.23. The van der Waals surface area contributed by atoms with Gasteiger partial charge in [-0.15, -0.1) is 11.3 Å². The third-order valence-electron chi connectivity index (χ3n) is 3.63.